The van der Waals surface area contributed by atoms with Crippen molar-refractivity contribution in [3.63, 3.8) is 0 Å². The molecule has 11 nitrogen and oxygen atoms in total. The van der Waals surface area contributed by atoms with E-state index < -0.39 is 23.7 Å². The fourth-order valence-electron chi connectivity index (χ4n) is 6.07. The first-order valence-electron chi connectivity index (χ1n) is 15.0. The van der Waals surface area contributed by atoms with E-state index in [0.29, 0.717) is 48.8 Å². The number of aryl methyl sites for hydroxylation is 2. The summed E-state index contributed by atoms with van der Waals surface area (Å²) in [4.78, 5) is 47.5. The van der Waals surface area contributed by atoms with Gasteiger partial charge in [0.05, 0.1) is 35.2 Å². The quantitative estimate of drug-likeness (QED) is 0.400. The number of carboxylic acid groups (broad SMARTS) is 2. The number of likely N-dealkylation sites (tertiary alicyclic amines) is 1. The van der Waals surface area contributed by atoms with Crippen molar-refractivity contribution in [2.24, 2.45) is 0 Å². The van der Waals surface area contributed by atoms with Gasteiger partial charge in [0.1, 0.15) is 6.33 Å². The third-order valence-electron chi connectivity index (χ3n) is 8.73. The minimum atomic E-state index is -4.35. The van der Waals surface area contributed by atoms with Crippen LogP contribution in [0.2, 0.25) is 0 Å². The summed E-state index contributed by atoms with van der Waals surface area (Å²) in [5, 5.41) is 15.6. The molecule has 2 N–H and O–H groups in total. The fraction of sp³-hybridized carbons (Fsp3) is 0.531. The Morgan fingerprint density at radius 3 is 2.00 bits per heavy atom. The summed E-state index contributed by atoms with van der Waals surface area (Å²) in [5.74, 6) is -2.51. The zero-order valence-corrected chi connectivity index (χ0v) is 26.8. The number of aromatic nitrogens is 2. The number of aliphatic carboxylic acids is 2. The van der Waals surface area contributed by atoms with Gasteiger partial charge in [-0.15, -0.1) is 0 Å². The minimum Gasteiger partial charge on any atom is -0.478 e. The molecular weight excluding hydrogens is 607 g/mol. The number of hydrogen-bond acceptors (Lipinski definition) is 8. The van der Waals surface area contributed by atoms with Crippen LogP contribution in [0.3, 0.4) is 0 Å². The van der Waals surface area contributed by atoms with Gasteiger partial charge in [-0.1, -0.05) is 12.1 Å². The summed E-state index contributed by atoms with van der Waals surface area (Å²) >= 11 is 0. The van der Waals surface area contributed by atoms with Gasteiger partial charge in [0, 0.05) is 63.6 Å². The van der Waals surface area contributed by atoms with Crippen molar-refractivity contribution in [1.29, 1.82) is 0 Å². The molecule has 0 radical (unpaired) electrons. The van der Waals surface area contributed by atoms with Crippen LogP contribution >= 0.6 is 0 Å². The van der Waals surface area contributed by atoms with E-state index in [1.807, 2.05) is 18.7 Å². The lowest BCUT2D eigenvalue weighted by Crippen LogP contribution is -2.62. The van der Waals surface area contributed by atoms with Gasteiger partial charge < -0.3 is 19.8 Å². The van der Waals surface area contributed by atoms with Crippen molar-refractivity contribution < 1.29 is 42.5 Å². The Morgan fingerprint density at radius 2 is 1.54 bits per heavy atom. The highest BCUT2D eigenvalue weighted by Gasteiger charge is 2.41. The first kappa shape index (κ1) is 36.6. The van der Waals surface area contributed by atoms with Crippen LogP contribution in [0.25, 0.3) is 0 Å². The second-order valence-corrected chi connectivity index (χ2v) is 11.8. The molecule has 0 unspecified atom stereocenters. The molecule has 0 saturated carbocycles. The number of piperidine rings is 1. The second kappa shape index (κ2) is 15.6. The average molecular weight is 650 g/mol. The molecule has 1 aromatic carbocycles. The molecule has 2 atom stereocenters. The van der Waals surface area contributed by atoms with E-state index in [2.05, 4.69) is 33.6 Å². The molecule has 252 valence electrons. The third kappa shape index (κ3) is 9.33. The summed E-state index contributed by atoms with van der Waals surface area (Å²) in [5.41, 5.74) is 2.18. The maximum atomic E-state index is 13.2. The molecule has 2 aromatic rings. The molecule has 3 heterocycles. The predicted molar refractivity (Wildman–Crippen MR) is 163 cm³/mol. The van der Waals surface area contributed by atoms with E-state index in [-0.39, 0.29) is 23.5 Å². The van der Waals surface area contributed by atoms with Gasteiger partial charge in [0.25, 0.3) is 5.91 Å². The number of benzene rings is 1. The summed E-state index contributed by atoms with van der Waals surface area (Å²) in [7, 11) is 1.62. The Bertz CT molecular complexity index is 1360. The van der Waals surface area contributed by atoms with E-state index in [4.69, 9.17) is 14.9 Å². The Labute approximate surface area is 266 Å². The zero-order valence-electron chi connectivity index (χ0n) is 26.8. The number of carbonyl (C=O) groups is 3. The molecule has 1 amide bonds. The Morgan fingerprint density at radius 1 is 1.00 bits per heavy atom. The molecule has 2 saturated heterocycles. The highest BCUT2D eigenvalue weighted by atomic mass is 19.4. The normalized spacial score (nSPS) is 19.7. The average Bonchev–Trinajstić information content (AvgIpc) is 2.99. The van der Waals surface area contributed by atoms with Crippen molar-refractivity contribution in [3.8, 4) is 0 Å². The number of rotatable bonds is 8. The molecule has 4 rings (SSSR count). The number of piperazine rings is 1. The van der Waals surface area contributed by atoms with Gasteiger partial charge in [0.15, 0.2) is 0 Å². The lowest BCUT2D eigenvalue weighted by molar-refractivity contribution is -0.137. The molecule has 0 aliphatic carbocycles. The van der Waals surface area contributed by atoms with Gasteiger partial charge >= 0.3 is 18.1 Å². The predicted octanol–water partition coefficient (Wildman–Crippen LogP) is 4.21. The summed E-state index contributed by atoms with van der Waals surface area (Å²) < 4.78 is 44.7. The van der Waals surface area contributed by atoms with Crippen LogP contribution < -0.4 is 0 Å². The van der Waals surface area contributed by atoms with E-state index >= 15 is 0 Å². The fourth-order valence-corrected chi connectivity index (χ4v) is 6.07. The summed E-state index contributed by atoms with van der Waals surface area (Å²) in [6, 6.07) is 5.52. The topological polar surface area (TPSA) is 136 Å². The molecule has 2 aliphatic rings. The number of halogens is 3. The lowest BCUT2D eigenvalue weighted by atomic mass is 9.86. The van der Waals surface area contributed by atoms with Crippen LogP contribution in [-0.2, 0) is 20.5 Å². The first-order chi connectivity index (χ1) is 21.6. The smallest absolute Gasteiger partial charge is 0.416 e. The van der Waals surface area contributed by atoms with Crippen LogP contribution in [0.4, 0.5) is 13.2 Å². The molecule has 1 aromatic heterocycles. The number of carbonyl (C=O) groups excluding carboxylic acids is 1. The van der Waals surface area contributed by atoms with Crippen molar-refractivity contribution >= 4 is 17.8 Å². The Balaban J connectivity index is 0.000000637. The van der Waals surface area contributed by atoms with Crippen molar-refractivity contribution in [3.05, 3.63) is 70.8 Å². The number of alkyl halides is 3. The van der Waals surface area contributed by atoms with E-state index in [1.165, 1.54) is 6.33 Å². The van der Waals surface area contributed by atoms with E-state index in [9.17, 15) is 27.6 Å². The molecule has 0 bridgehead atoms. The number of nitrogens with zero attached hydrogens (tertiary/aromatic N) is 5. The number of ether oxygens (including phenoxy) is 1. The molecule has 2 fully saturated rings. The van der Waals surface area contributed by atoms with Crippen molar-refractivity contribution in [2.45, 2.75) is 64.3 Å². The van der Waals surface area contributed by atoms with Crippen LogP contribution in [0.1, 0.15) is 65.6 Å². The highest BCUT2D eigenvalue weighted by molar-refractivity contribution is 5.96. The van der Waals surface area contributed by atoms with Crippen LogP contribution in [0.15, 0.2) is 42.7 Å². The maximum Gasteiger partial charge on any atom is 0.416 e. The van der Waals surface area contributed by atoms with Crippen LogP contribution in [0, 0.1) is 13.8 Å². The highest BCUT2D eigenvalue weighted by Crippen LogP contribution is 2.35. The molecule has 0 spiro atoms. The molecule has 46 heavy (non-hydrogen) atoms. The lowest BCUT2D eigenvalue weighted by Gasteiger charge is -2.52. The van der Waals surface area contributed by atoms with Crippen LogP contribution in [0.5, 0.6) is 0 Å². The Hall–Kier alpha value is -3.88. The zero-order chi connectivity index (χ0) is 34.2. The van der Waals surface area contributed by atoms with Gasteiger partial charge in [-0.3, -0.25) is 14.6 Å². The van der Waals surface area contributed by atoms with Crippen LogP contribution in [-0.4, -0.2) is 111 Å². The summed E-state index contributed by atoms with van der Waals surface area (Å²) in [6.07, 6.45) is 0.000613. The number of carboxylic acids is 2. The SMILES string of the molecule is COC[C@H](c1ccc(C(F)(F)F)cc1)N1CCN(C2(C)CCN(C(=O)c3c(C)ncnc3C)CC2)C[C@H]1C.O=C(O)/C=C/C(=O)O. The van der Waals surface area contributed by atoms with Crippen molar-refractivity contribution in [2.75, 3.05) is 46.4 Å². The second-order valence-electron chi connectivity index (χ2n) is 11.8. The van der Waals surface area contributed by atoms with Gasteiger partial charge in [0.2, 0.25) is 0 Å². The largest absolute Gasteiger partial charge is 0.478 e. The van der Waals surface area contributed by atoms with E-state index in [1.54, 1.807) is 19.2 Å². The summed E-state index contributed by atoms with van der Waals surface area (Å²) in [6.45, 7) is 12.4. The number of amides is 1. The number of hydrogen-bond donors (Lipinski definition) is 2. The van der Waals surface area contributed by atoms with Gasteiger partial charge in [-0.25, -0.2) is 19.6 Å². The molecule has 14 heteroatoms. The van der Waals surface area contributed by atoms with Gasteiger partial charge in [-0.05, 0) is 58.2 Å². The Kier molecular flexibility index (Phi) is 12.4. The first-order valence-corrected chi connectivity index (χ1v) is 15.0. The molecular formula is C32H42F3N5O6. The van der Waals surface area contributed by atoms with E-state index in [0.717, 1.165) is 50.2 Å². The van der Waals surface area contributed by atoms with Gasteiger partial charge in [-0.2, -0.15) is 13.2 Å². The number of methoxy groups -OCH3 is 1. The monoisotopic (exact) mass is 649 g/mol. The standard InChI is InChI=1S/C28H38F3N5O2.C4H4O4/c1-19-16-35(14-15-36(19)24(17-38-5)22-6-8-23(9-7-22)28(29,30)31)27(4)10-12-34(13-11-27)26(37)25-20(2)32-18-33-21(25)3;5-3(6)1-2-4(7)8/h6-9,18-19,24H,10-17H2,1-5H3;1-2H,(H,5,6)(H,7,8)/b;2-1+/t19-,24-;/m1./s1. The van der Waals surface area contributed by atoms with Crippen molar-refractivity contribution in [1.82, 2.24) is 24.7 Å². The maximum absolute atomic E-state index is 13.2. The molecule has 2 aliphatic heterocycles. The third-order valence-corrected chi connectivity index (χ3v) is 8.73. The minimum absolute atomic E-state index is 0.000198.